The summed E-state index contributed by atoms with van der Waals surface area (Å²) in [6, 6.07) is 10.3. The number of benzene rings is 1. The Hall–Kier alpha value is -2.67. The minimum Gasteiger partial charge on any atom is -0.368 e. The summed E-state index contributed by atoms with van der Waals surface area (Å²) in [6.45, 7) is 5.04. The number of piperazine rings is 1. The molecule has 1 fully saturated rings. The highest BCUT2D eigenvalue weighted by molar-refractivity contribution is 7.16. The molecule has 1 aromatic carbocycles. The topological polar surface area (TPSA) is 75.4 Å². The molecule has 1 aliphatic heterocycles. The number of fused-ring (bicyclic) bond motifs is 1. The van der Waals surface area contributed by atoms with Crippen LogP contribution < -0.4 is 10.6 Å². The monoisotopic (exact) mass is 381 g/mol. The van der Waals surface area contributed by atoms with Crippen LogP contribution in [0, 0.1) is 6.92 Å². The zero-order valence-electron chi connectivity index (χ0n) is 15.4. The Morgan fingerprint density at radius 3 is 2.70 bits per heavy atom. The van der Waals surface area contributed by atoms with Crippen LogP contribution in [0.3, 0.4) is 0 Å². The largest absolute Gasteiger partial charge is 0.368 e. The molecule has 0 atom stereocenters. The van der Waals surface area contributed by atoms with E-state index in [2.05, 4.69) is 33.9 Å². The molecular weight excluding hydrogens is 358 g/mol. The molecular formula is C20H23N5OS. The molecule has 3 heterocycles. The maximum Gasteiger partial charge on any atom is 0.223 e. The third-order valence-corrected chi connectivity index (χ3v) is 5.93. The average Bonchev–Trinajstić information content (AvgIpc) is 3.15. The van der Waals surface area contributed by atoms with Gasteiger partial charge in [-0.1, -0.05) is 24.3 Å². The summed E-state index contributed by atoms with van der Waals surface area (Å²) in [5.41, 5.74) is 8.36. The van der Waals surface area contributed by atoms with Gasteiger partial charge in [-0.05, 0) is 35.9 Å². The van der Waals surface area contributed by atoms with Gasteiger partial charge in [0, 0.05) is 32.6 Å². The number of anilines is 2. The van der Waals surface area contributed by atoms with Gasteiger partial charge in [-0.15, -0.1) is 11.3 Å². The highest BCUT2D eigenvalue weighted by Crippen LogP contribution is 2.29. The first-order chi connectivity index (χ1) is 13.1. The van der Waals surface area contributed by atoms with Gasteiger partial charge in [-0.2, -0.15) is 4.98 Å². The summed E-state index contributed by atoms with van der Waals surface area (Å²) >= 11 is 1.57. The van der Waals surface area contributed by atoms with Crippen LogP contribution in [0.2, 0.25) is 0 Å². The van der Waals surface area contributed by atoms with Gasteiger partial charge in [-0.3, -0.25) is 4.79 Å². The third kappa shape index (κ3) is 3.73. The van der Waals surface area contributed by atoms with Crippen LogP contribution in [-0.4, -0.2) is 47.0 Å². The minimum absolute atomic E-state index is 0.223. The molecule has 1 amide bonds. The first kappa shape index (κ1) is 17.7. The fourth-order valence-electron chi connectivity index (χ4n) is 3.55. The number of aromatic nitrogens is 2. The smallest absolute Gasteiger partial charge is 0.223 e. The van der Waals surface area contributed by atoms with Gasteiger partial charge in [0.2, 0.25) is 11.9 Å². The summed E-state index contributed by atoms with van der Waals surface area (Å²) in [6.07, 6.45) is 1.35. The van der Waals surface area contributed by atoms with E-state index < -0.39 is 0 Å². The molecule has 1 aliphatic rings. The van der Waals surface area contributed by atoms with Crippen LogP contribution in [-0.2, 0) is 11.2 Å². The highest BCUT2D eigenvalue weighted by atomic mass is 32.1. The first-order valence-corrected chi connectivity index (χ1v) is 10.1. The van der Waals surface area contributed by atoms with Gasteiger partial charge in [-0.25, -0.2) is 4.98 Å². The van der Waals surface area contributed by atoms with Gasteiger partial charge >= 0.3 is 0 Å². The van der Waals surface area contributed by atoms with Crippen molar-refractivity contribution in [1.29, 1.82) is 0 Å². The van der Waals surface area contributed by atoms with Crippen molar-refractivity contribution in [3.05, 3.63) is 46.8 Å². The van der Waals surface area contributed by atoms with E-state index in [1.165, 1.54) is 11.1 Å². The molecule has 140 valence electrons. The van der Waals surface area contributed by atoms with E-state index in [4.69, 9.17) is 5.73 Å². The summed E-state index contributed by atoms with van der Waals surface area (Å²) in [4.78, 5) is 26.4. The van der Waals surface area contributed by atoms with E-state index in [9.17, 15) is 4.79 Å². The Bertz CT molecular complexity index is 962. The van der Waals surface area contributed by atoms with E-state index in [0.29, 0.717) is 25.5 Å². The fraction of sp³-hybridized carbons (Fsp3) is 0.350. The number of carbonyl (C=O) groups is 1. The molecule has 7 heteroatoms. The molecule has 3 aromatic rings. The average molecular weight is 382 g/mol. The van der Waals surface area contributed by atoms with Crippen molar-refractivity contribution in [3.63, 3.8) is 0 Å². The number of hydrogen-bond donors (Lipinski definition) is 1. The Balaban J connectivity index is 1.38. The molecule has 4 rings (SSSR count). The summed E-state index contributed by atoms with van der Waals surface area (Å²) in [5.74, 6) is 1.41. The molecule has 27 heavy (non-hydrogen) atoms. The number of carbonyl (C=O) groups excluding carboxylic acids is 1. The predicted octanol–water partition coefficient (Wildman–Crippen LogP) is 2.86. The van der Waals surface area contributed by atoms with Crippen molar-refractivity contribution in [1.82, 2.24) is 14.9 Å². The van der Waals surface area contributed by atoms with Gasteiger partial charge < -0.3 is 15.5 Å². The van der Waals surface area contributed by atoms with E-state index in [0.717, 1.165) is 35.5 Å². The van der Waals surface area contributed by atoms with Gasteiger partial charge in [0.1, 0.15) is 10.6 Å². The molecule has 0 unspecified atom stereocenters. The summed E-state index contributed by atoms with van der Waals surface area (Å²) in [7, 11) is 0. The molecule has 0 bridgehead atoms. The lowest BCUT2D eigenvalue weighted by Crippen LogP contribution is -2.49. The second-order valence-electron chi connectivity index (χ2n) is 6.84. The van der Waals surface area contributed by atoms with Crippen molar-refractivity contribution in [3.8, 4) is 0 Å². The standard InChI is InChI=1S/C20H23N5OS/c1-14-4-2-3-5-15(14)6-7-17(26)24-9-11-25(12-10-24)18-16-8-13-27-19(16)23-20(21)22-18/h2-5,8,13H,6-7,9-12H2,1H3,(H2,21,22,23). The number of thiophene rings is 1. The van der Waals surface area contributed by atoms with E-state index in [-0.39, 0.29) is 5.91 Å². The lowest BCUT2D eigenvalue weighted by atomic mass is 10.0. The maximum absolute atomic E-state index is 12.6. The summed E-state index contributed by atoms with van der Waals surface area (Å²) in [5, 5.41) is 3.04. The molecule has 0 radical (unpaired) electrons. The van der Waals surface area contributed by atoms with Crippen molar-refractivity contribution < 1.29 is 4.79 Å². The zero-order valence-corrected chi connectivity index (χ0v) is 16.2. The van der Waals surface area contributed by atoms with Crippen molar-refractivity contribution >= 4 is 39.2 Å². The van der Waals surface area contributed by atoms with Crippen LogP contribution in [0.4, 0.5) is 11.8 Å². The minimum atomic E-state index is 0.223. The Labute approximate surface area is 162 Å². The van der Waals surface area contributed by atoms with Gasteiger partial charge in [0.05, 0.1) is 5.39 Å². The highest BCUT2D eigenvalue weighted by Gasteiger charge is 2.23. The lowest BCUT2D eigenvalue weighted by molar-refractivity contribution is -0.131. The molecule has 0 aliphatic carbocycles. The van der Waals surface area contributed by atoms with Gasteiger partial charge in [0.25, 0.3) is 0 Å². The van der Waals surface area contributed by atoms with Crippen molar-refractivity contribution in [2.24, 2.45) is 0 Å². The normalized spacial score (nSPS) is 14.7. The number of nitrogens with zero attached hydrogens (tertiary/aromatic N) is 4. The van der Waals surface area contributed by atoms with Crippen LogP contribution in [0.25, 0.3) is 10.2 Å². The van der Waals surface area contributed by atoms with Crippen LogP contribution in [0.5, 0.6) is 0 Å². The number of nitrogens with two attached hydrogens (primary N) is 1. The fourth-order valence-corrected chi connectivity index (χ4v) is 4.32. The number of rotatable bonds is 4. The Morgan fingerprint density at radius 1 is 1.15 bits per heavy atom. The molecule has 2 aromatic heterocycles. The quantitative estimate of drug-likeness (QED) is 0.752. The first-order valence-electron chi connectivity index (χ1n) is 9.20. The molecule has 0 saturated carbocycles. The summed E-state index contributed by atoms with van der Waals surface area (Å²) < 4.78 is 0. The second-order valence-corrected chi connectivity index (χ2v) is 7.73. The number of amides is 1. The maximum atomic E-state index is 12.6. The SMILES string of the molecule is Cc1ccccc1CCC(=O)N1CCN(c2nc(N)nc3sccc23)CC1. The van der Waals surface area contributed by atoms with Crippen LogP contribution in [0.1, 0.15) is 17.5 Å². The van der Waals surface area contributed by atoms with E-state index >= 15 is 0 Å². The number of aryl methyl sites for hydroxylation is 2. The second kappa shape index (κ2) is 7.52. The molecule has 2 N–H and O–H groups in total. The molecule has 1 saturated heterocycles. The number of hydrogen-bond acceptors (Lipinski definition) is 6. The molecule has 6 nitrogen and oxygen atoms in total. The van der Waals surface area contributed by atoms with Crippen LogP contribution in [0.15, 0.2) is 35.7 Å². The Kier molecular flexibility index (Phi) is 4.94. The van der Waals surface area contributed by atoms with Gasteiger partial charge in [0.15, 0.2) is 0 Å². The molecule has 0 spiro atoms. The van der Waals surface area contributed by atoms with Crippen molar-refractivity contribution in [2.75, 3.05) is 36.8 Å². The number of nitrogen functional groups attached to an aromatic ring is 1. The lowest BCUT2D eigenvalue weighted by Gasteiger charge is -2.35. The van der Waals surface area contributed by atoms with E-state index in [1.807, 2.05) is 28.5 Å². The predicted molar refractivity (Wildman–Crippen MR) is 110 cm³/mol. The van der Waals surface area contributed by atoms with Crippen molar-refractivity contribution in [2.45, 2.75) is 19.8 Å². The Morgan fingerprint density at radius 2 is 1.93 bits per heavy atom. The third-order valence-electron chi connectivity index (χ3n) is 5.12. The van der Waals surface area contributed by atoms with E-state index in [1.54, 1.807) is 11.3 Å². The zero-order chi connectivity index (χ0) is 18.8. The van der Waals surface area contributed by atoms with Crippen LogP contribution >= 0.6 is 11.3 Å².